The fraction of sp³-hybridized carbons (Fsp3) is 0.286. The fourth-order valence-corrected chi connectivity index (χ4v) is 3.75. The van der Waals surface area contributed by atoms with E-state index in [0.717, 1.165) is 27.7 Å². The lowest BCUT2D eigenvalue weighted by Crippen LogP contribution is -2.59. The van der Waals surface area contributed by atoms with Crippen molar-refractivity contribution in [3.8, 4) is 0 Å². The number of aliphatic hydroxyl groups is 2. The van der Waals surface area contributed by atoms with Gasteiger partial charge in [0.05, 0.1) is 13.2 Å². The number of hydrogen-bond donors (Lipinski definition) is 4. The highest BCUT2D eigenvalue weighted by Gasteiger charge is 2.44. The van der Waals surface area contributed by atoms with Crippen molar-refractivity contribution in [2.45, 2.75) is 24.6 Å². The van der Waals surface area contributed by atoms with Gasteiger partial charge in [-0.1, -0.05) is 48.5 Å². The van der Waals surface area contributed by atoms with Gasteiger partial charge >= 0.3 is 5.97 Å². The molecule has 6 heteroatoms. The third-order valence-corrected chi connectivity index (χ3v) is 5.20. The third-order valence-electron chi connectivity index (χ3n) is 5.20. The molecule has 0 unspecified atom stereocenters. The Kier molecular flexibility index (Phi) is 4.70. The van der Waals surface area contributed by atoms with Gasteiger partial charge in [-0.2, -0.15) is 0 Å². The second-order valence-electron chi connectivity index (χ2n) is 6.92. The predicted molar refractivity (Wildman–Crippen MR) is 101 cm³/mol. The number of aliphatic hydroxyl groups excluding tert-OH is 2. The molecule has 3 aromatic rings. The van der Waals surface area contributed by atoms with Crippen LogP contribution >= 0.6 is 0 Å². The lowest BCUT2D eigenvalue weighted by Gasteiger charge is -2.39. The summed E-state index contributed by atoms with van der Waals surface area (Å²) in [5.41, 5.74) is 2.34. The van der Waals surface area contributed by atoms with Crippen LogP contribution in [0.3, 0.4) is 0 Å². The van der Waals surface area contributed by atoms with Gasteiger partial charge in [-0.25, -0.2) is 0 Å². The first-order chi connectivity index (χ1) is 13.2. The van der Waals surface area contributed by atoms with E-state index in [1.807, 2.05) is 54.6 Å². The smallest absolute Gasteiger partial charge is 0.323 e. The van der Waals surface area contributed by atoms with Crippen LogP contribution in [0, 0.1) is 0 Å². The molecule has 1 aliphatic rings. The van der Waals surface area contributed by atoms with Gasteiger partial charge in [-0.15, -0.1) is 0 Å². The molecule has 4 rings (SSSR count). The van der Waals surface area contributed by atoms with Gasteiger partial charge in [-0.05, 0) is 17.2 Å². The zero-order valence-corrected chi connectivity index (χ0v) is 14.8. The first-order valence-corrected chi connectivity index (χ1v) is 8.97. The van der Waals surface area contributed by atoms with E-state index in [1.165, 1.54) is 0 Å². The molecule has 0 aliphatic carbocycles. The summed E-state index contributed by atoms with van der Waals surface area (Å²) >= 11 is 0. The Morgan fingerprint density at radius 3 is 2.52 bits per heavy atom. The number of benzene rings is 2. The fourth-order valence-electron chi connectivity index (χ4n) is 3.75. The Morgan fingerprint density at radius 2 is 1.78 bits per heavy atom. The average Bonchev–Trinajstić information content (AvgIpc) is 3.11. The Morgan fingerprint density at radius 1 is 1.07 bits per heavy atom. The summed E-state index contributed by atoms with van der Waals surface area (Å²) in [5.74, 6) is -0.402. The molecule has 4 N–H and O–H groups in total. The molecule has 0 spiro atoms. The molecule has 1 aliphatic heterocycles. The Bertz CT molecular complexity index is 947. The number of rotatable bonds is 5. The van der Waals surface area contributed by atoms with Gasteiger partial charge in [0, 0.05) is 23.0 Å². The number of H-pyrrole nitrogens is 1. The van der Waals surface area contributed by atoms with E-state index in [1.54, 1.807) is 0 Å². The van der Waals surface area contributed by atoms with Crippen LogP contribution in [0.5, 0.6) is 0 Å². The first-order valence-electron chi connectivity index (χ1n) is 8.97. The van der Waals surface area contributed by atoms with E-state index in [9.17, 15) is 15.0 Å². The van der Waals surface area contributed by atoms with Gasteiger partial charge < -0.3 is 19.9 Å². The minimum atomic E-state index is -1.12. The van der Waals surface area contributed by atoms with Crippen molar-refractivity contribution in [3.63, 3.8) is 0 Å². The monoisotopic (exact) mass is 366 g/mol. The summed E-state index contributed by atoms with van der Waals surface area (Å²) in [7, 11) is 0. The maximum absolute atomic E-state index is 12.7. The molecule has 0 amide bonds. The molecule has 1 atom stereocenters. The van der Waals surface area contributed by atoms with Gasteiger partial charge in [0.25, 0.3) is 0 Å². The molecule has 0 saturated carbocycles. The second-order valence-corrected chi connectivity index (χ2v) is 6.92. The van der Waals surface area contributed by atoms with Gasteiger partial charge in [0.2, 0.25) is 0 Å². The van der Waals surface area contributed by atoms with Crippen molar-refractivity contribution in [1.29, 1.82) is 0 Å². The van der Waals surface area contributed by atoms with Crippen molar-refractivity contribution in [1.82, 2.24) is 10.3 Å². The Labute approximate surface area is 156 Å². The Hall–Kier alpha value is -2.67. The highest BCUT2D eigenvalue weighted by atomic mass is 16.5. The highest BCUT2D eigenvalue weighted by Crippen LogP contribution is 2.35. The summed E-state index contributed by atoms with van der Waals surface area (Å²) in [5, 5.41) is 24.2. The summed E-state index contributed by atoms with van der Waals surface area (Å²) in [4.78, 5) is 16.0. The zero-order chi connectivity index (χ0) is 18.9. The summed E-state index contributed by atoms with van der Waals surface area (Å²) in [6.07, 6.45) is 0.425. The minimum Gasteiger partial charge on any atom is -0.460 e. The van der Waals surface area contributed by atoms with E-state index in [2.05, 4.69) is 10.3 Å². The largest absolute Gasteiger partial charge is 0.460 e. The van der Waals surface area contributed by atoms with Crippen molar-refractivity contribution in [2.75, 3.05) is 13.2 Å². The number of ether oxygens (including phenoxy) is 1. The zero-order valence-electron chi connectivity index (χ0n) is 14.8. The highest BCUT2D eigenvalue weighted by molar-refractivity contribution is 5.87. The quantitative estimate of drug-likeness (QED) is 0.515. The van der Waals surface area contributed by atoms with Crippen LogP contribution < -0.4 is 5.32 Å². The van der Waals surface area contributed by atoms with E-state index in [-0.39, 0.29) is 19.8 Å². The van der Waals surface area contributed by atoms with E-state index >= 15 is 0 Å². The third kappa shape index (κ3) is 3.12. The molecular weight excluding hydrogens is 344 g/mol. The van der Waals surface area contributed by atoms with Gasteiger partial charge in [0.1, 0.15) is 18.2 Å². The van der Waals surface area contributed by atoms with E-state index < -0.39 is 17.6 Å². The second kappa shape index (κ2) is 7.15. The molecule has 2 aromatic carbocycles. The number of aromatic amines is 1. The van der Waals surface area contributed by atoms with Crippen molar-refractivity contribution >= 4 is 16.9 Å². The Balaban J connectivity index is 1.63. The number of nitrogens with one attached hydrogen (secondary N) is 2. The molecule has 27 heavy (non-hydrogen) atoms. The van der Waals surface area contributed by atoms with Crippen LogP contribution in [-0.4, -0.2) is 40.4 Å². The maximum Gasteiger partial charge on any atom is 0.323 e. The van der Waals surface area contributed by atoms with Crippen LogP contribution in [-0.2, 0) is 28.1 Å². The molecule has 0 saturated heterocycles. The molecular formula is C21H22N2O4. The summed E-state index contributed by atoms with van der Waals surface area (Å²) in [6.45, 7) is -0.499. The van der Waals surface area contributed by atoms with Crippen molar-refractivity contribution in [2.24, 2.45) is 0 Å². The molecule has 140 valence electrons. The number of fused-ring (bicyclic) bond motifs is 3. The van der Waals surface area contributed by atoms with Gasteiger partial charge in [-0.3, -0.25) is 10.1 Å². The summed E-state index contributed by atoms with van der Waals surface area (Å²) in [6, 6.07) is 16.6. The lowest BCUT2D eigenvalue weighted by atomic mass is 9.84. The normalized spacial score (nSPS) is 18.2. The standard InChI is InChI=1S/C21H22N2O4/c24-12-21(13-25)19-16(15-8-4-5-9-17(15)22-19)10-18(23-21)20(26)27-11-14-6-2-1-3-7-14/h1-9,18,22-25H,10-13H2/t18-/m0/s1. The number of hydrogen-bond acceptors (Lipinski definition) is 5. The average molecular weight is 366 g/mol. The number of carbonyl (C=O) groups is 1. The van der Waals surface area contributed by atoms with Gasteiger partial charge in [0.15, 0.2) is 0 Å². The van der Waals surface area contributed by atoms with Crippen molar-refractivity contribution in [3.05, 3.63) is 71.4 Å². The van der Waals surface area contributed by atoms with Crippen molar-refractivity contribution < 1.29 is 19.7 Å². The molecule has 0 radical (unpaired) electrons. The molecule has 1 aromatic heterocycles. The molecule has 6 nitrogen and oxygen atoms in total. The SMILES string of the molecule is O=C(OCc1ccccc1)[C@@H]1Cc2c([nH]c3ccccc23)C(CO)(CO)N1. The molecule has 0 bridgehead atoms. The van der Waals surface area contributed by atoms with Crippen LogP contribution in [0.1, 0.15) is 16.8 Å². The number of carbonyl (C=O) groups excluding carboxylic acids is 1. The molecule has 0 fully saturated rings. The molecule has 2 heterocycles. The van der Waals surface area contributed by atoms with E-state index in [0.29, 0.717) is 6.42 Å². The van der Waals surface area contributed by atoms with Crippen LogP contribution in [0.15, 0.2) is 54.6 Å². The topological polar surface area (TPSA) is 94.6 Å². The van der Waals surface area contributed by atoms with Crippen LogP contribution in [0.2, 0.25) is 0 Å². The summed E-state index contributed by atoms with van der Waals surface area (Å²) < 4.78 is 5.48. The predicted octanol–water partition coefficient (Wildman–Crippen LogP) is 1.61. The number of esters is 1. The number of para-hydroxylation sites is 1. The maximum atomic E-state index is 12.7. The minimum absolute atomic E-state index is 0.184. The van der Waals surface area contributed by atoms with Crippen LogP contribution in [0.4, 0.5) is 0 Å². The van der Waals surface area contributed by atoms with Crippen LogP contribution in [0.25, 0.3) is 10.9 Å². The van der Waals surface area contributed by atoms with E-state index in [4.69, 9.17) is 4.74 Å². The lowest BCUT2D eigenvalue weighted by molar-refractivity contribution is -0.149. The first kappa shape index (κ1) is 17.7. The number of aromatic nitrogens is 1.